The smallest absolute Gasteiger partial charge is 0.253 e. The van der Waals surface area contributed by atoms with E-state index in [2.05, 4.69) is 10.3 Å². The van der Waals surface area contributed by atoms with Crippen LogP contribution in [0, 0.1) is 0 Å². The predicted molar refractivity (Wildman–Crippen MR) is 64.0 cm³/mol. The highest BCUT2D eigenvalue weighted by atomic mass is 16.2. The minimum absolute atomic E-state index is 0.0593. The van der Waals surface area contributed by atoms with Crippen molar-refractivity contribution < 1.29 is 9.59 Å². The van der Waals surface area contributed by atoms with Crippen molar-refractivity contribution in [2.75, 3.05) is 5.73 Å². The third kappa shape index (κ3) is 3.75. The van der Waals surface area contributed by atoms with Crippen LogP contribution < -0.4 is 16.8 Å². The van der Waals surface area contributed by atoms with Gasteiger partial charge >= 0.3 is 0 Å². The van der Waals surface area contributed by atoms with E-state index >= 15 is 0 Å². The molecule has 0 radical (unpaired) electrons. The van der Waals surface area contributed by atoms with Gasteiger partial charge in [0.1, 0.15) is 0 Å². The fourth-order valence-corrected chi connectivity index (χ4v) is 1.47. The van der Waals surface area contributed by atoms with Crippen LogP contribution in [0.3, 0.4) is 0 Å². The molecule has 1 aromatic heterocycles. The number of nitrogens with two attached hydrogens (primary N) is 2. The number of anilines is 1. The van der Waals surface area contributed by atoms with Crippen LogP contribution in [0.1, 0.15) is 30.6 Å². The van der Waals surface area contributed by atoms with Crippen molar-refractivity contribution in [3.63, 3.8) is 0 Å². The van der Waals surface area contributed by atoms with E-state index in [1.54, 1.807) is 13.8 Å². The molecule has 0 bridgehead atoms. The molecule has 2 amide bonds. The molecule has 0 aliphatic carbocycles. The van der Waals surface area contributed by atoms with E-state index in [-0.39, 0.29) is 12.3 Å². The number of nitrogen functional groups attached to an aromatic ring is 1. The van der Waals surface area contributed by atoms with Crippen LogP contribution >= 0.6 is 0 Å². The third-order valence-corrected chi connectivity index (χ3v) is 2.16. The molecule has 6 heteroatoms. The van der Waals surface area contributed by atoms with Crippen molar-refractivity contribution in [3.8, 4) is 0 Å². The van der Waals surface area contributed by atoms with Crippen LogP contribution in [-0.2, 0) is 4.79 Å². The molecule has 17 heavy (non-hydrogen) atoms. The lowest BCUT2D eigenvalue weighted by Crippen LogP contribution is -2.46. The molecule has 0 unspecified atom stereocenters. The Hall–Kier alpha value is -2.11. The number of amides is 2. The second-order valence-electron chi connectivity index (χ2n) is 4.44. The molecule has 0 fully saturated rings. The SMILES string of the molecule is CC(C)(CC(N)=O)NC(=O)c1ccncc1N. The number of nitrogens with one attached hydrogen (secondary N) is 1. The number of carbonyl (C=O) groups is 2. The number of primary amides is 1. The monoisotopic (exact) mass is 236 g/mol. The molecule has 6 nitrogen and oxygen atoms in total. The molecular weight excluding hydrogens is 220 g/mol. The Morgan fingerprint density at radius 2 is 2.12 bits per heavy atom. The molecule has 0 aliphatic heterocycles. The van der Waals surface area contributed by atoms with E-state index in [9.17, 15) is 9.59 Å². The van der Waals surface area contributed by atoms with Gasteiger partial charge in [-0.3, -0.25) is 14.6 Å². The molecule has 1 rings (SSSR count). The number of hydrogen-bond donors (Lipinski definition) is 3. The topological polar surface area (TPSA) is 111 Å². The van der Waals surface area contributed by atoms with Gasteiger partial charge in [-0.05, 0) is 19.9 Å². The van der Waals surface area contributed by atoms with Gasteiger partial charge in [-0.2, -0.15) is 0 Å². The Morgan fingerprint density at radius 3 is 2.65 bits per heavy atom. The first-order valence-corrected chi connectivity index (χ1v) is 5.12. The van der Waals surface area contributed by atoms with Crippen molar-refractivity contribution >= 4 is 17.5 Å². The highest BCUT2D eigenvalue weighted by Crippen LogP contribution is 2.13. The van der Waals surface area contributed by atoms with Crippen LogP contribution in [-0.4, -0.2) is 22.3 Å². The van der Waals surface area contributed by atoms with Gasteiger partial charge < -0.3 is 16.8 Å². The zero-order chi connectivity index (χ0) is 13.1. The van der Waals surface area contributed by atoms with E-state index in [1.165, 1.54) is 18.5 Å². The van der Waals surface area contributed by atoms with E-state index in [4.69, 9.17) is 11.5 Å². The van der Waals surface area contributed by atoms with Crippen molar-refractivity contribution in [1.29, 1.82) is 0 Å². The maximum atomic E-state index is 11.9. The van der Waals surface area contributed by atoms with Crippen LogP contribution in [0.25, 0.3) is 0 Å². The maximum absolute atomic E-state index is 11.9. The highest BCUT2D eigenvalue weighted by molar-refractivity contribution is 5.99. The van der Waals surface area contributed by atoms with Gasteiger partial charge in [-0.1, -0.05) is 0 Å². The molecule has 5 N–H and O–H groups in total. The first-order chi connectivity index (χ1) is 7.82. The van der Waals surface area contributed by atoms with E-state index < -0.39 is 11.4 Å². The number of carbonyl (C=O) groups excluding carboxylic acids is 2. The van der Waals surface area contributed by atoms with Gasteiger partial charge in [0.25, 0.3) is 5.91 Å². The Labute approximate surface area is 99.4 Å². The summed E-state index contributed by atoms with van der Waals surface area (Å²) in [5.41, 5.74) is 10.6. The predicted octanol–water partition coefficient (Wildman–Crippen LogP) is 0.0476. The number of nitrogens with zero attached hydrogens (tertiary/aromatic N) is 1. The van der Waals surface area contributed by atoms with Crippen molar-refractivity contribution in [3.05, 3.63) is 24.0 Å². The Balaban J connectivity index is 2.79. The maximum Gasteiger partial charge on any atom is 0.253 e. The molecule has 1 aromatic rings. The summed E-state index contributed by atoms with van der Waals surface area (Å²) < 4.78 is 0. The fourth-order valence-electron chi connectivity index (χ4n) is 1.47. The van der Waals surface area contributed by atoms with Crippen molar-refractivity contribution in [2.45, 2.75) is 25.8 Å². The summed E-state index contributed by atoms with van der Waals surface area (Å²) in [4.78, 5) is 26.5. The zero-order valence-corrected chi connectivity index (χ0v) is 9.86. The van der Waals surface area contributed by atoms with Crippen molar-refractivity contribution in [1.82, 2.24) is 10.3 Å². The first kappa shape index (κ1) is 13.0. The zero-order valence-electron chi connectivity index (χ0n) is 9.86. The quantitative estimate of drug-likeness (QED) is 0.685. The minimum Gasteiger partial charge on any atom is -0.397 e. The van der Waals surface area contributed by atoms with Crippen molar-refractivity contribution in [2.24, 2.45) is 5.73 Å². The number of pyridine rings is 1. The third-order valence-electron chi connectivity index (χ3n) is 2.16. The number of aromatic nitrogens is 1. The number of hydrogen-bond acceptors (Lipinski definition) is 4. The summed E-state index contributed by atoms with van der Waals surface area (Å²) in [6.45, 7) is 3.43. The molecule has 92 valence electrons. The second-order valence-corrected chi connectivity index (χ2v) is 4.44. The lowest BCUT2D eigenvalue weighted by Gasteiger charge is -2.24. The van der Waals surface area contributed by atoms with Gasteiger partial charge in [0.15, 0.2) is 0 Å². The summed E-state index contributed by atoms with van der Waals surface area (Å²) in [7, 11) is 0. The van der Waals surface area contributed by atoms with Crippen LogP contribution in [0.4, 0.5) is 5.69 Å². The van der Waals surface area contributed by atoms with E-state index in [0.29, 0.717) is 11.3 Å². The molecule has 0 aromatic carbocycles. The summed E-state index contributed by atoms with van der Waals surface area (Å²) in [6.07, 6.45) is 2.94. The summed E-state index contributed by atoms with van der Waals surface area (Å²) in [5.74, 6) is -0.825. The lowest BCUT2D eigenvalue weighted by atomic mass is 9.99. The highest BCUT2D eigenvalue weighted by Gasteiger charge is 2.24. The van der Waals surface area contributed by atoms with Gasteiger partial charge in [0.05, 0.1) is 17.4 Å². The first-order valence-electron chi connectivity index (χ1n) is 5.12. The number of rotatable bonds is 4. The minimum atomic E-state index is -0.710. The second kappa shape index (κ2) is 4.82. The van der Waals surface area contributed by atoms with Gasteiger partial charge in [0.2, 0.25) is 5.91 Å². The fraction of sp³-hybridized carbons (Fsp3) is 0.364. The van der Waals surface area contributed by atoms with Crippen LogP contribution in [0.5, 0.6) is 0 Å². The molecule has 1 heterocycles. The largest absolute Gasteiger partial charge is 0.397 e. The Bertz CT molecular complexity index is 443. The van der Waals surface area contributed by atoms with Gasteiger partial charge in [-0.25, -0.2) is 0 Å². The van der Waals surface area contributed by atoms with Gasteiger partial charge in [0, 0.05) is 18.2 Å². The van der Waals surface area contributed by atoms with E-state index in [1.807, 2.05) is 0 Å². The standard InChI is InChI=1S/C11H16N4O2/c1-11(2,5-9(13)16)15-10(17)7-3-4-14-6-8(7)12/h3-4,6H,5,12H2,1-2H3,(H2,13,16)(H,15,17). The van der Waals surface area contributed by atoms with E-state index in [0.717, 1.165) is 0 Å². The molecule has 0 spiro atoms. The summed E-state index contributed by atoms with van der Waals surface area (Å²) in [6, 6.07) is 1.52. The summed E-state index contributed by atoms with van der Waals surface area (Å²) >= 11 is 0. The van der Waals surface area contributed by atoms with Gasteiger partial charge in [-0.15, -0.1) is 0 Å². The Morgan fingerprint density at radius 1 is 1.47 bits per heavy atom. The summed E-state index contributed by atoms with van der Waals surface area (Å²) in [5, 5.41) is 2.70. The van der Waals surface area contributed by atoms with Crippen LogP contribution in [0.2, 0.25) is 0 Å². The molecule has 0 saturated carbocycles. The molecular formula is C11H16N4O2. The average molecular weight is 236 g/mol. The average Bonchev–Trinajstić information content (AvgIpc) is 2.14. The molecule has 0 aliphatic rings. The lowest BCUT2D eigenvalue weighted by molar-refractivity contribution is -0.119. The molecule has 0 saturated heterocycles. The normalized spacial score (nSPS) is 10.9. The molecule has 0 atom stereocenters. The Kier molecular flexibility index (Phi) is 3.67. The van der Waals surface area contributed by atoms with Crippen LogP contribution in [0.15, 0.2) is 18.5 Å².